The topological polar surface area (TPSA) is 65.2 Å². The molecule has 1 amide bonds. The monoisotopic (exact) mass is 305 g/mol. The highest BCUT2D eigenvalue weighted by molar-refractivity contribution is 6.03. The number of nitrogens with zero attached hydrogens (tertiary/aromatic N) is 1. The highest BCUT2D eigenvalue weighted by atomic mass is 16.2. The standard InChI is InChI=1S/C17H27N3O2/c1-10(2)13-14(12(4)21)11(3)19-15(13)16(22)20-8-7-18-17(5,6)9-20/h10,18-19H,7-9H2,1-6H3. The van der Waals surface area contributed by atoms with E-state index in [1.54, 1.807) is 6.92 Å². The molecule has 1 saturated heterocycles. The van der Waals surface area contributed by atoms with E-state index in [0.717, 1.165) is 17.8 Å². The number of aryl methyl sites for hydroxylation is 1. The van der Waals surface area contributed by atoms with Gasteiger partial charge in [-0.2, -0.15) is 0 Å². The molecule has 2 rings (SSSR count). The lowest BCUT2D eigenvalue weighted by molar-refractivity contribution is 0.0645. The number of H-pyrrole nitrogens is 1. The van der Waals surface area contributed by atoms with Crippen LogP contribution in [0.2, 0.25) is 0 Å². The second-order valence-electron chi connectivity index (χ2n) is 7.16. The quantitative estimate of drug-likeness (QED) is 0.843. The molecule has 1 aromatic rings. The minimum Gasteiger partial charge on any atom is -0.354 e. The van der Waals surface area contributed by atoms with Gasteiger partial charge in [0.15, 0.2) is 5.78 Å². The first-order valence-electron chi connectivity index (χ1n) is 7.91. The number of aromatic nitrogens is 1. The van der Waals surface area contributed by atoms with Crippen molar-refractivity contribution < 1.29 is 9.59 Å². The Bertz CT molecular complexity index is 599. The van der Waals surface area contributed by atoms with Crippen LogP contribution >= 0.6 is 0 Å². The third-order valence-electron chi connectivity index (χ3n) is 4.23. The lowest BCUT2D eigenvalue weighted by atomic mass is 9.94. The van der Waals surface area contributed by atoms with Crippen LogP contribution in [0.25, 0.3) is 0 Å². The van der Waals surface area contributed by atoms with Gasteiger partial charge in [-0.1, -0.05) is 13.8 Å². The van der Waals surface area contributed by atoms with E-state index in [9.17, 15) is 9.59 Å². The molecule has 0 atom stereocenters. The fraction of sp³-hybridized carbons (Fsp3) is 0.647. The second-order valence-corrected chi connectivity index (χ2v) is 7.16. The Labute approximate surface area is 132 Å². The zero-order valence-electron chi connectivity index (χ0n) is 14.5. The number of ketones is 1. The number of hydrogen-bond acceptors (Lipinski definition) is 3. The van der Waals surface area contributed by atoms with Crippen LogP contribution in [0.5, 0.6) is 0 Å². The van der Waals surface area contributed by atoms with Crippen LogP contribution in [-0.4, -0.2) is 46.7 Å². The molecule has 1 aliphatic rings. The third kappa shape index (κ3) is 3.09. The van der Waals surface area contributed by atoms with Gasteiger partial charge in [0, 0.05) is 36.4 Å². The van der Waals surface area contributed by atoms with Gasteiger partial charge in [0.2, 0.25) is 0 Å². The van der Waals surface area contributed by atoms with Gasteiger partial charge >= 0.3 is 0 Å². The third-order valence-corrected chi connectivity index (χ3v) is 4.23. The summed E-state index contributed by atoms with van der Waals surface area (Å²) in [7, 11) is 0. The van der Waals surface area contributed by atoms with Gasteiger partial charge in [0.05, 0.1) is 0 Å². The summed E-state index contributed by atoms with van der Waals surface area (Å²) in [6, 6.07) is 0. The van der Waals surface area contributed by atoms with Gasteiger partial charge in [-0.15, -0.1) is 0 Å². The van der Waals surface area contributed by atoms with Gasteiger partial charge in [0.1, 0.15) is 5.69 Å². The van der Waals surface area contributed by atoms with Gasteiger partial charge < -0.3 is 15.2 Å². The average Bonchev–Trinajstić information content (AvgIpc) is 2.74. The molecule has 1 fully saturated rings. The molecular formula is C17H27N3O2. The van der Waals surface area contributed by atoms with Crippen molar-refractivity contribution in [2.75, 3.05) is 19.6 Å². The molecule has 22 heavy (non-hydrogen) atoms. The molecule has 2 N–H and O–H groups in total. The Hall–Kier alpha value is -1.62. The minimum atomic E-state index is -0.0864. The number of carbonyl (C=O) groups is 2. The average molecular weight is 305 g/mol. The maximum Gasteiger partial charge on any atom is 0.270 e. The largest absolute Gasteiger partial charge is 0.354 e. The molecule has 2 heterocycles. The van der Waals surface area contributed by atoms with Gasteiger partial charge in [0.25, 0.3) is 5.91 Å². The highest BCUT2D eigenvalue weighted by Crippen LogP contribution is 2.28. The zero-order chi connectivity index (χ0) is 16.7. The van der Waals surface area contributed by atoms with Crippen molar-refractivity contribution >= 4 is 11.7 Å². The first-order valence-corrected chi connectivity index (χ1v) is 7.91. The predicted molar refractivity (Wildman–Crippen MR) is 87.6 cm³/mol. The molecule has 0 aromatic carbocycles. The van der Waals surface area contributed by atoms with Crippen LogP contribution < -0.4 is 5.32 Å². The number of hydrogen-bond donors (Lipinski definition) is 2. The molecule has 1 aromatic heterocycles. The molecule has 5 nitrogen and oxygen atoms in total. The Morgan fingerprint density at radius 1 is 1.27 bits per heavy atom. The molecule has 122 valence electrons. The van der Waals surface area contributed by atoms with Crippen LogP contribution in [0, 0.1) is 6.92 Å². The molecule has 0 saturated carbocycles. The van der Waals surface area contributed by atoms with E-state index in [1.807, 2.05) is 25.7 Å². The van der Waals surface area contributed by atoms with Gasteiger partial charge in [-0.3, -0.25) is 9.59 Å². The van der Waals surface area contributed by atoms with Crippen molar-refractivity contribution in [2.45, 2.75) is 53.0 Å². The lowest BCUT2D eigenvalue weighted by Crippen LogP contribution is -2.58. The highest BCUT2D eigenvalue weighted by Gasteiger charge is 2.32. The van der Waals surface area contributed by atoms with E-state index in [0.29, 0.717) is 24.3 Å². The van der Waals surface area contributed by atoms with E-state index < -0.39 is 0 Å². The molecule has 1 aliphatic heterocycles. The Morgan fingerprint density at radius 2 is 1.91 bits per heavy atom. The normalized spacial score (nSPS) is 17.9. The Kier molecular flexibility index (Phi) is 4.47. The van der Waals surface area contributed by atoms with E-state index >= 15 is 0 Å². The number of amides is 1. The van der Waals surface area contributed by atoms with Crippen molar-refractivity contribution in [3.8, 4) is 0 Å². The van der Waals surface area contributed by atoms with Crippen molar-refractivity contribution in [3.63, 3.8) is 0 Å². The van der Waals surface area contributed by atoms with Crippen LogP contribution in [-0.2, 0) is 0 Å². The summed E-state index contributed by atoms with van der Waals surface area (Å²) >= 11 is 0. The number of carbonyl (C=O) groups excluding carboxylic acids is 2. The molecule has 0 bridgehead atoms. The van der Waals surface area contributed by atoms with E-state index in [4.69, 9.17) is 0 Å². The Morgan fingerprint density at radius 3 is 2.41 bits per heavy atom. The fourth-order valence-electron chi connectivity index (χ4n) is 3.32. The number of piperazine rings is 1. The summed E-state index contributed by atoms with van der Waals surface area (Å²) in [6.45, 7) is 13.8. The molecule has 5 heteroatoms. The number of nitrogens with one attached hydrogen (secondary N) is 2. The first-order chi connectivity index (χ1) is 10.1. The number of Topliss-reactive ketones (excluding diaryl/α,β-unsaturated/α-hetero) is 1. The van der Waals surface area contributed by atoms with E-state index in [1.165, 1.54) is 0 Å². The zero-order valence-corrected chi connectivity index (χ0v) is 14.5. The van der Waals surface area contributed by atoms with Crippen molar-refractivity contribution in [1.82, 2.24) is 15.2 Å². The Balaban J connectivity index is 2.42. The number of rotatable bonds is 3. The van der Waals surface area contributed by atoms with Crippen LogP contribution in [0.3, 0.4) is 0 Å². The second kappa shape index (κ2) is 5.88. The fourth-order valence-corrected chi connectivity index (χ4v) is 3.32. The first kappa shape index (κ1) is 16.7. The molecule has 0 aliphatic carbocycles. The SMILES string of the molecule is CC(=O)c1c(C)[nH]c(C(=O)N2CCNC(C)(C)C2)c1C(C)C. The number of aromatic amines is 1. The summed E-state index contributed by atoms with van der Waals surface area (Å²) in [4.78, 5) is 29.9. The van der Waals surface area contributed by atoms with Crippen LogP contribution in [0.4, 0.5) is 0 Å². The van der Waals surface area contributed by atoms with Crippen LogP contribution in [0.15, 0.2) is 0 Å². The van der Waals surface area contributed by atoms with Crippen molar-refractivity contribution in [2.24, 2.45) is 0 Å². The van der Waals surface area contributed by atoms with E-state index in [2.05, 4.69) is 24.1 Å². The predicted octanol–water partition coefficient (Wildman–Crippen LogP) is 2.47. The maximum absolute atomic E-state index is 13.0. The van der Waals surface area contributed by atoms with Gasteiger partial charge in [-0.05, 0) is 39.2 Å². The molecule has 0 radical (unpaired) electrons. The smallest absolute Gasteiger partial charge is 0.270 e. The summed E-state index contributed by atoms with van der Waals surface area (Å²) < 4.78 is 0. The lowest BCUT2D eigenvalue weighted by Gasteiger charge is -2.39. The van der Waals surface area contributed by atoms with Gasteiger partial charge in [-0.25, -0.2) is 0 Å². The minimum absolute atomic E-state index is 0.00567. The summed E-state index contributed by atoms with van der Waals surface area (Å²) in [5.74, 6) is 0.129. The van der Waals surface area contributed by atoms with Crippen molar-refractivity contribution in [3.05, 3.63) is 22.5 Å². The summed E-state index contributed by atoms with van der Waals surface area (Å²) in [5.41, 5.74) is 2.81. The van der Waals surface area contributed by atoms with Crippen molar-refractivity contribution in [1.29, 1.82) is 0 Å². The molecular weight excluding hydrogens is 278 g/mol. The van der Waals surface area contributed by atoms with Crippen LogP contribution in [0.1, 0.15) is 72.6 Å². The summed E-state index contributed by atoms with van der Waals surface area (Å²) in [5, 5.41) is 3.41. The van der Waals surface area contributed by atoms with E-state index in [-0.39, 0.29) is 23.1 Å². The maximum atomic E-state index is 13.0. The molecule has 0 spiro atoms. The summed E-state index contributed by atoms with van der Waals surface area (Å²) in [6.07, 6.45) is 0. The molecule has 0 unspecified atom stereocenters.